The van der Waals surface area contributed by atoms with Crippen LogP contribution >= 0.6 is 0 Å². The Hall–Kier alpha value is -3.01. The zero-order valence-electron chi connectivity index (χ0n) is 11.6. The maximum Gasteiger partial charge on any atom is 0.341 e. The van der Waals surface area contributed by atoms with Gasteiger partial charge in [-0.2, -0.15) is 0 Å². The van der Waals surface area contributed by atoms with E-state index in [0.717, 1.165) is 13.8 Å². The van der Waals surface area contributed by atoms with Crippen LogP contribution in [0.1, 0.15) is 13.8 Å². The molecule has 0 aromatic carbocycles. The molecule has 0 bridgehead atoms. The molecular weight excluding hydrogens is 304 g/mol. The number of aliphatic carboxylic acids is 3. The van der Waals surface area contributed by atoms with Crippen LogP contribution in [0.3, 0.4) is 0 Å². The predicted octanol–water partition coefficient (Wildman–Crippen LogP) is -0.819. The van der Waals surface area contributed by atoms with Crippen molar-refractivity contribution in [3.05, 3.63) is 23.3 Å². The van der Waals surface area contributed by atoms with Crippen LogP contribution in [0.4, 0.5) is 0 Å². The lowest BCUT2D eigenvalue weighted by Crippen LogP contribution is -2.15. The highest BCUT2D eigenvalue weighted by molar-refractivity contribution is 6.05. The first-order chi connectivity index (χ1) is 10.0. The summed E-state index contributed by atoms with van der Waals surface area (Å²) in [6.07, 6.45) is 1.15. The SMILES string of the molecule is C/C(=C/C(=O)O)C(=O)OC(=O)/C(C)=C\C(=O)O.O=C(O)CO. The lowest BCUT2D eigenvalue weighted by atomic mass is 10.2. The topological polar surface area (TPSA) is 175 Å². The largest absolute Gasteiger partial charge is 0.480 e. The Morgan fingerprint density at radius 1 is 0.818 bits per heavy atom. The summed E-state index contributed by atoms with van der Waals surface area (Å²) in [5, 5.41) is 31.7. The van der Waals surface area contributed by atoms with Crippen LogP contribution in [-0.2, 0) is 28.7 Å². The van der Waals surface area contributed by atoms with Crippen molar-refractivity contribution in [3.8, 4) is 0 Å². The van der Waals surface area contributed by atoms with E-state index < -0.39 is 36.5 Å². The summed E-state index contributed by atoms with van der Waals surface area (Å²) in [4.78, 5) is 51.8. The van der Waals surface area contributed by atoms with E-state index >= 15 is 0 Å². The van der Waals surface area contributed by atoms with E-state index in [1.54, 1.807) is 0 Å². The first-order valence-corrected chi connectivity index (χ1v) is 5.42. The molecule has 0 saturated heterocycles. The van der Waals surface area contributed by atoms with Gasteiger partial charge in [0.15, 0.2) is 0 Å². The number of rotatable bonds is 5. The zero-order valence-corrected chi connectivity index (χ0v) is 11.6. The Balaban J connectivity index is 0. The van der Waals surface area contributed by atoms with E-state index in [9.17, 15) is 19.2 Å². The molecule has 0 rings (SSSR count). The fraction of sp³-hybridized carbons (Fsp3) is 0.250. The van der Waals surface area contributed by atoms with E-state index in [0.29, 0.717) is 12.2 Å². The van der Waals surface area contributed by atoms with E-state index in [2.05, 4.69) is 4.74 Å². The van der Waals surface area contributed by atoms with Gasteiger partial charge in [-0.25, -0.2) is 24.0 Å². The average molecular weight is 318 g/mol. The maximum absolute atomic E-state index is 11.1. The second-order valence-electron chi connectivity index (χ2n) is 3.56. The highest BCUT2D eigenvalue weighted by atomic mass is 16.6. The third-order valence-corrected chi connectivity index (χ3v) is 1.64. The van der Waals surface area contributed by atoms with E-state index in [1.807, 2.05) is 0 Å². The van der Waals surface area contributed by atoms with Crippen molar-refractivity contribution in [2.24, 2.45) is 0 Å². The minimum atomic E-state index is -1.36. The third-order valence-electron chi connectivity index (χ3n) is 1.64. The van der Waals surface area contributed by atoms with Crippen LogP contribution < -0.4 is 0 Å². The van der Waals surface area contributed by atoms with Gasteiger partial charge in [0.2, 0.25) is 0 Å². The summed E-state index contributed by atoms with van der Waals surface area (Å²) in [6.45, 7) is 1.53. The molecule has 0 aliphatic carbocycles. The van der Waals surface area contributed by atoms with Crippen LogP contribution in [0.5, 0.6) is 0 Å². The number of aliphatic hydroxyl groups is 1. The molecule has 0 radical (unpaired) electrons. The summed E-state index contributed by atoms with van der Waals surface area (Å²) >= 11 is 0. The molecule has 0 aliphatic heterocycles. The second kappa shape index (κ2) is 10.7. The molecule has 10 heteroatoms. The number of carbonyl (C=O) groups excluding carboxylic acids is 2. The number of carboxylic acids is 3. The molecule has 0 aromatic heterocycles. The standard InChI is InChI=1S/C10H10O7.C2H4O3/c1-5(3-7(11)12)9(15)17-10(16)6(2)4-8(13)14;3-1-2(4)5/h3-4H,1-2H3,(H,11,12)(H,13,14);3H,1H2,(H,4,5)/b5-3-,6-4-;. The average Bonchev–Trinajstić information content (AvgIpc) is 2.37. The van der Waals surface area contributed by atoms with Crippen molar-refractivity contribution >= 4 is 29.8 Å². The molecular formula is C12H14O10. The van der Waals surface area contributed by atoms with Crippen molar-refractivity contribution in [3.63, 3.8) is 0 Å². The van der Waals surface area contributed by atoms with Gasteiger partial charge in [0.1, 0.15) is 6.61 Å². The smallest absolute Gasteiger partial charge is 0.341 e. The van der Waals surface area contributed by atoms with E-state index in [1.165, 1.54) is 0 Å². The zero-order chi connectivity index (χ0) is 17.9. The predicted molar refractivity (Wildman–Crippen MR) is 68.6 cm³/mol. The molecule has 0 atom stereocenters. The van der Waals surface area contributed by atoms with Gasteiger partial charge < -0.3 is 25.2 Å². The monoisotopic (exact) mass is 318 g/mol. The van der Waals surface area contributed by atoms with Gasteiger partial charge in [-0.05, 0) is 13.8 Å². The van der Waals surface area contributed by atoms with E-state index in [4.69, 9.17) is 25.2 Å². The van der Waals surface area contributed by atoms with Gasteiger partial charge in [-0.1, -0.05) is 0 Å². The molecule has 0 aliphatic rings. The highest BCUT2D eigenvalue weighted by Crippen LogP contribution is 2.02. The van der Waals surface area contributed by atoms with E-state index in [-0.39, 0.29) is 11.1 Å². The fourth-order valence-electron chi connectivity index (χ4n) is 0.733. The summed E-state index contributed by atoms with van der Waals surface area (Å²) in [7, 11) is 0. The lowest BCUT2D eigenvalue weighted by Gasteiger charge is -2.01. The molecule has 0 aromatic rings. The van der Waals surface area contributed by atoms with Crippen LogP contribution in [0.2, 0.25) is 0 Å². The number of ether oxygens (including phenoxy) is 1. The summed E-state index contributed by atoms with van der Waals surface area (Å²) in [5.74, 6) is -6.19. The van der Waals surface area contributed by atoms with Gasteiger partial charge in [-0.15, -0.1) is 0 Å². The van der Waals surface area contributed by atoms with Gasteiger partial charge in [0.05, 0.1) is 0 Å². The minimum absolute atomic E-state index is 0.283. The van der Waals surface area contributed by atoms with Gasteiger partial charge in [0.25, 0.3) is 0 Å². The normalized spacial score (nSPS) is 10.9. The Bertz CT molecular complexity index is 486. The van der Waals surface area contributed by atoms with Crippen LogP contribution in [0.15, 0.2) is 23.3 Å². The van der Waals surface area contributed by atoms with Crippen molar-refractivity contribution in [2.75, 3.05) is 6.61 Å². The molecule has 10 nitrogen and oxygen atoms in total. The minimum Gasteiger partial charge on any atom is -0.480 e. The number of carboxylic acid groups (broad SMARTS) is 3. The van der Waals surface area contributed by atoms with Gasteiger partial charge in [0, 0.05) is 23.3 Å². The van der Waals surface area contributed by atoms with Gasteiger partial charge in [-0.3, -0.25) is 0 Å². The number of hydrogen-bond donors (Lipinski definition) is 4. The maximum atomic E-state index is 11.1. The van der Waals surface area contributed by atoms with Crippen molar-refractivity contribution in [2.45, 2.75) is 13.8 Å². The molecule has 0 fully saturated rings. The summed E-state index contributed by atoms with van der Waals surface area (Å²) < 4.78 is 4.23. The van der Waals surface area contributed by atoms with Crippen molar-refractivity contribution in [1.82, 2.24) is 0 Å². The third kappa shape index (κ3) is 12.0. The molecule has 0 unspecified atom stereocenters. The van der Waals surface area contributed by atoms with Crippen molar-refractivity contribution < 1.29 is 49.1 Å². The molecule has 22 heavy (non-hydrogen) atoms. The van der Waals surface area contributed by atoms with Crippen molar-refractivity contribution in [1.29, 1.82) is 0 Å². The summed E-state index contributed by atoms with van der Waals surface area (Å²) in [6, 6.07) is 0. The number of hydrogen-bond acceptors (Lipinski definition) is 7. The van der Waals surface area contributed by atoms with Crippen LogP contribution in [0, 0.1) is 0 Å². The Labute approximate surface area is 123 Å². The quantitative estimate of drug-likeness (QED) is 0.284. The van der Waals surface area contributed by atoms with Gasteiger partial charge >= 0.3 is 29.8 Å². The van der Waals surface area contributed by atoms with Crippen LogP contribution in [-0.4, -0.2) is 56.9 Å². The highest BCUT2D eigenvalue weighted by Gasteiger charge is 2.15. The molecule has 0 heterocycles. The number of aliphatic hydroxyl groups excluding tert-OH is 1. The first kappa shape index (κ1) is 21.3. The molecule has 122 valence electrons. The first-order valence-electron chi connectivity index (χ1n) is 5.42. The molecule has 0 spiro atoms. The molecule has 4 N–H and O–H groups in total. The lowest BCUT2D eigenvalue weighted by molar-refractivity contribution is -0.154. The number of esters is 2. The summed E-state index contributed by atoms with van der Waals surface area (Å²) in [5.41, 5.74) is -0.567. The Morgan fingerprint density at radius 3 is 1.27 bits per heavy atom. The fourth-order valence-corrected chi connectivity index (χ4v) is 0.733. The number of carbonyl (C=O) groups is 5. The Morgan fingerprint density at radius 2 is 1.09 bits per heavy atom. The second-order valence-corrected chi connectivity index (χ2v) is 3.56. The Kier molecular flexibility index (Phi) is 10.4. The molecule has 0 saturated carbocycles. The molecule has 0 amide bonds. The van der Waals surface area contributed by atoms with Crippen LogP contribution in [0.25, 0.3) is 0 Å².